The Kier molecular flexibility index (Phi) is 4.32. The van der Waals surface area contributed by atoms with Crippen molar-refractivity contribution in [2.24, 2.45) is 0 Å². The summed E-state index contributed by atoms with van der Waals surface area (Å²) in [6.07, 6.45) is 3.43. The van der Waals surface area contributed by atoms with Gasteiger partial charge in [0.25, 0.3) is 0 Å². The predicted molar refractivity (Wildman–Crippen MR) is 58.8 cm³/mol. The molecule has 1 N–H and O–H groups in total. The molecule has 1 rings (SSSR count). The zero-order chi connectivity index (χ0) is 9.68. The second-order valence-electron chi connectivity index (χ2n) is 2.68. The molecule has 2 nitrogen and oxygen atoms in total. The van der Waals surface area contributed by atoms with Crippen LogP contribution in [0.3, 0.4) is 0 Å². The van der Waals surface area contributed by atoms with E-state index in [9.17, 15) is 4.79 Å². The second kappa shape index (κ2) is 5.29. The molecule has 0 aliphatic carbocycles. The number of hydrogen-bond acceptors (Lipinski definition) is 3. The van der Waals surface area contributed by atoms with Crippen LogP contribution in [0.4, 0.5) is 0 Å². The van der Waals surface area contributed by atoms with Crippen molar-refractivity contribution < 1.29 is 4.79 Å². The summed E-state index contributed by atoms with van der Waals surface area (Å²) in [4.78, 5) is 11.6. The number of aldehydes is 1. The summed E-state index contributed by atoms with van der Waals surface area (Å²) in [5.74, 6) is 0.186. The molecule has 1 unspecified atom stereocenters. The minimum atomic E-state index is 0.186. The molecule has 0 fully saturated rings. The molecular formula is C9H10BrNOS. The third kappa shape index (κ3) is 3.04. The number of carbonyl (C=O) groups is 1. The zero-order valence-corrected chi connectivity index (χ0v) is 9.40. The van der Waals surface area contributed by atoms with Crippen LogP contribution >= 0.6 is 27.3 Å². The molecule has 0 saturated carbocycles. The lowest BCUT2D eigenvalue weighted by atomic mass is 10.0. The molecule has 0 saturated heterocycles. The van der Waals surface area contributed by atoms with Crippen LogP contribution in [0.25, 0.3) is 0 Å². The van der Waals surface area contributed by atoms with Crippen molar-refractivity contribution in [1.82, 2.24) is 0 Å². The molecule has 1 heterocycles. The molecule has 0 amide bonds. The average molecular weight is 260 g/mol. The fourth-order valence-corrected chi connectivity index (χ4v) is 2.68. The standard InChI is InChI=1S/C9H10BrNOS/c10-9-2-1-8(13-9)7(3-5-11)4-6-12/h1-2,5-7,11H,3-4H2. The summed E-state index contributed by atoms with van der Waals surface area (Å²) in [6, 6.07) is 3.98. The van der Waals surface area contributed by atoms with Gasteiger partial charge in [-0.05, 0) is 40.7 Å². The predicted octanol–water partition coefficient (Wildman–Crippen LogP) is 3.22. The van der Waals surface area contributed by atoms with Gasteiger partial charge in [-0.3, -0.25) is 0 Å². The van der Waals surface area contributed by atoms with E-state index in [1.54, 1.807) is 11.3 Å². The van der Waals surface area contributed by atoms with Crippen LogP contribution < -0.4 is 0 Å². The first-order valence-electron chi connectivity index (χ1n) is 3.95. The quantitative estimate of drug-likeness (QED) is 0.640. The minimum Gasteiger partial charge on any atom is -0.313 e. The van der Waals surface area contributed by atoms with Gasteiger partial charge in [-0.15, -0.1) is 11.3 Å². The fraction of sp³-hybridized carbons (Fsp3) is 0.333. The number of rotatable bonds is 5. The van der Waals surface area contributed by atoms with Crippen molar-refractivity contribution in [1.29, 1.82) is 5.41 Å². The van der Waals surface area contributed by atoms with Crippen molar-refractivity contribution in [3.05, 3.63) is 20.8 Å². The van der Waals surface area contributed by atoms with E-state index in [1.165, 1.54) is 11.1 Å². The third-order valence-corrected chi connectivity index (χ3v) is 3.57. The zero-order valence-electron chi connectivity index (χ0n) is 7.00. The van der Waals surface area contributed by atoms with Gasteiger partial charge in [-0.25, -0.2) is 0 Å². The lowest BCUT2D eigenvalue weighted by Gasteiger charge is -2.07. The first kappa shape index (κ1) is 10.6. The van der Waals surface area contributed by atoms with Gasteiger partial charge in [0.05, 0.1) is 3.79 Å². The Morgan fingerprint density at radius 1 is 1.54 bits per heavy atom. The number of halogens is 1. The SMILES string of the molecule is N=CCC(CC=O)c1ccc(Br)s1. The van der Waals surface area contributed by atoms with Crippen LogP contribution in [-0.2, 0) is 4.79 Å². The van der Waals surface area contributed by atoms with Gasteiger partial charge >= 0.3 is 0 Å². The van der Waals surface area contributed by atoms with E-state index in [4.69, 9.17) is 5.41 Å². The molecule has 0 radical (unpaired) electrons. The summed E-state index contributed by atoms with van der Waals surface area (Å²) in [5.41, 5.74) is 0. The Morgan fingerprint density at radius 2 is 2.31 bits per heavy atom. The molecule has 1 atom stereocenters. The number of carbonyl (C=O) groups excluding carboxylic acids is 1. The van der Waals surface area contributed by atoms with Crippen molar-refractivity contribution in [2.45, 2.75) is 18.8 Å². The Bertz CT molecular complexity index is 288. The van der Waals surface area contributed by atoms with E-state index >= 15 is 0 Å². The Hall–Kier alpha value is -0.480. The van der Waals surface area contributed by atoms with Gasteiger partial charge in [-0.2, -0.15) is 0 Å². The highest BCUT2D eigenvalue weighted by Crippen LogP contribution is 2.31. The Morgan fingerprint density at radius 3 is 2.77 bits per heavy atom. The maximum atomic E-state index is 10.4. The van der Waals surface area contributed by atoms with Crippen LogP contribution in [0.15, 0.2) is 15.9 Å². The van der Waals surface area contributed by atoms with Crippen molar-refractivity contribution in [3.63, 3.8) is 0 Å². The van der Waals surface area contributed by atoms with Crippen LogP contribution in [0.1, 0.15) is 23.6 Å². The second-order valence-corrected chi connectivity index (χ2v) is 5.18. The maximum absolute atomic E-state index is 10.4. The molecule has 70 valence electrons. The topological polar surface area (TPSA) is 40.9 Å². The monoisotopic (exact) mass is 259 g/mol. The van der Waals surface area contributed by atoms with Gasteiger partial charge in [-0.1, -0.05) is 0 Å². The smallest absolute Gasteiger partial charge is 0.120 e. The highest BCUT2D eigenvalue weighted by atomic mass is 79.9. The van der Waals surface area contributed by atoms with E-state index in [1.807, 2.05) is 12.1 Å². The van der Waals surface area contributed by atoms with Gasteiger partial charge in [0, 0.05) is 17.2 Å². The van der Waals surface area contributed by atoms with E-state index < -0.39 is 0 Å². The van der Waals surface area contributed by atoms with Crippen LogP contribution in [0.2, 0.25) is 0 Å². The molecule has 4 heteroatoms. The van der Waals surface area contributed by atoms with E-state index in [2.05, 4.69) is 15.9 Å². The summed E-state index contributed by atoms with van der Waals surface area (Å²) in [6.45, 7) is 0. The van der Waals surface area contributed by atoms with Gasteiger partial charge in [0.15, 0.2) is 0 Å². The summed E-state index contributed by atoms with van der Waals surface area (Å²) >= 11 is 5.01. The number of nitrogens with one attached hydrogen (secondary N) is 1. The van der Waals surface area contributed by atoms with Crippen molar-refractivity contribution >= 4 is 39.8 Å². The molecule has 1 aromatic rings. The van der Waals surface area contributed by atoms with E-state index in [-0.39, 0.29) is 5.92 Å². The number of thiophene rings is 1. The third-order valence-electron chi connectivity index (χ3n) is 1.78. The highest BCUT2D eigenvalue weighted by molar-refractivity contribution is 9.11. The van der Waals surface area contributed by atoms with Gasteiger partial charge < -0.3 is 10.2 Å². The van der Waals surface area contributed by atoms with Crippen LogP contribution in [-0.4, -0.2) is 12.5 Å². The van der Waals surface area contributed by atoms with Crippen molar-refractivity contribution in [2.75, 3.05) is 0 Å². The minimum absolute atomic E-state index is 0.186. The van der Waals surface area contributed by atoms with Gasteiger partial charge in [0.2, 0.25) is 0 Å². The first-order valence-corrected chi connectivity index (χ1v) is 5.56. The van der Waals surface area contributed by atoms with Crippen LogP contribution in [0, 0.1) is 5.41 Å². The molecular weight excluding hydrogens is 250 g/mol. The average Bonchev–Trinajstić information content (AvgIpc) is 2.51. The molecule has 0 aromatic carbocycles. The van der Waals surface area contributed by atoms with E-state index in [0.717, 1.165) is 10.1 Å². The molecule has 1 aromatic heterocycles. The lowest BCUT2D eigenvalue weighted by Crippen LogP contribution is -1.97. The molecule has 0 bridgehead atoms. The normalized spacial score (nSPS) is 12.4. The summed E-state index contributed by atoms with van der Waals surface area (Å²) in [5, 5.41) is 7.02. The number of hydrogen-bond donors (Lipinski definition) is 1. The fourth-order valence-electron chi connectivity index (χ4n) is 1.13. The molecule has 0 aliphatic rings. The first-order chi connectivity index (χ1) is 6.27. The lowest BCUT2D eigenvalue weighted by molar-refractivity contribution is -0.108. The van der Waals surface area contributed by atoms with Gasteiger partial charge in [0.1, 0.15) is 6.29 Å². The highest BCUT2D eigenvalue weighted by Gasteiger charge is 2.11. The Balaban J connectivity index is 2.74. The van der Waals surface area contributed by atoms with Crippen LogP contribution in [0.5, 0.6) is 0 Å². The largest absolute Gasteiger partial charge is 0.313 e. The maximum Gasteiger partial charge on any atom is 0.120 e. The van der Waals surface area contributed by atoms with Crippen molar-refractivity contribution in [3.8, 4) is 0 Å². The van der Waals surface area contributed by atoms with E-state index in [0.29, 0.717) is 12.8 Å². The molecule has 13 heavy (non-hydrogen) atoms. The summed E-state index contributed by atoms with van der Waals surface area (Å²) < 4.78 is 1.07. The molecule has 0 spiro atoms. The molecule has 0 aliphatic heterocycles. The summed E-state index contributed by atoms with van der Waals surface area (Å²) in [7, 11) is 0. The Labute approximate surface area is 89.6 Å².